The van der Waals surface area contributed by atoms with Crippen molar-refractivity contribution in [2.24, 2.45) is 11.7 Å². The van der Waals surface area contributed by atoms with Crippen LogP contribution in [0.2, 0.25) is 0 Å². The number of hydrazine groups is 1. The second-order valence-corrected chi connectivity index (χ2v) is 5.76. The minimum atomic E-state index is -0.294. The number of nitrogens with one attached hydrogen (secondary N) is 2. The molecule has 0 spiro atoms. The minimum absolute atomic E-state index is 0.0919. The Morgan fingerprint density at radius 2 is 2.15 bits per heavy atom. The first kappa shape index (κ1) is 15.1. The number of nitriles is 1. The number of halogens is 1. The van der Waals surface area contributed by atoms with Crippen LogP contribution in [0.4, 0.5) is 5.95 Å². The van der Waals surface area contributed by atoms with Crippen LogP contribution in [-0.2, 0) is 0 Å². The molecule has 1 aromatic rings. The smallest absolute Gasteiger partial charge is 0.225 e. The molecular formula is C12H18BrN7. The highest BCUT2D eigenvalue weighted by atomic mass is 79.9. The molecule has 4 N–H and O–H groups in total. The normalized spacial score (nSPS) is 25.4. The Morgan fingerprint density at radius 1 is 1.45 bits per heavy atom. The molecule has 0 saturated carbocycles. The maximum absolute atomic E-state index is 9.07. The SMILES string of the molecule is CN(CCCC1NNC(N)C1C#N)c1ncc(Br)cn1. The summed E-state index contributed by atoms with van der Waals surface area (Å²) in [6.07, 6.45) is 4.97. The van der Waals surface area contributed by atoms with Crippen LogP contribution < -0.4 is 21.5 Å². The molecule has 1 fully saturated rings. The molecule has 0 bridgehead atoms. The van der Waals surface area contributed by atoms with E-state index in [0.717, 1.165) is 23.9 Å². The van der Waals surface area contributed by atoms with Gasteiger partial charge in [-0.3, -0.25) is 5.43 Å². The molecule has 0 amide bonds. The first-order chi connectivity index (χ1) is 9.61. The van der Waals surface area contributed by atoms with Gasteiger partial charge in [-0.25, -0.2) is 15.4 Å². The fourth-order valence-electron chi connectivity index (χ4n) is 2.21. The topological polar surface area (TPSA) is 103 Å². The summed E-state index contributed by atoms with van der Waals surface area (Å²) in [5, 5.41) is 9.07. The molecule has 3 unspecified atom stereocenters. The van der Waals surface area contributed by atoms with E-state index in [-0.39, 0.29) is 18.1 Å². The second-order valence-electron chi connectivity index (χ2n) is 4.84. The summed E-state index contributed by atoms with van der Waals surface area (Å²) < 4.78 is 0.863. The first-order valence-electron chi connectivity index (χ1n) is 6.46. The molecule has 0 radical (unpaired) electrons. The summed E-state index contributed by atoms with van der Waals surface area (Å²) in [5.41, 5.74) is 11.8. The molecule has 1 aliphatic heterocycles. The molecule has 1 saturated heterocycles. The van der Waals surface area contributed by atoms with Gasteiger partial charge in [0.25, 0.3) is 0 Å². The number of hydrogen-bond acceptors (Lipinski definition) is 7. The summed E-state index contributed by atoms with van der Waals surface area (Å²) in [7, 11) is 1.96. The lowest BCUT2D eigenvalue weighted by Crippen LogP contribution is -2.38. The van der Waals surface area contributed by atoms with E-state index in [9.17, 15) is 0 Å². The highest BCUT2D eigenvalue weighted by molar-refractivity contribution is 9.10. The number of nitrogens with two attached hydrogens (primary N) is 1. The molecule has 20 heavy (non-hydrogen) atoms. The van der Waals surface area contributed by atoms with Gasteiger partial charge in [0.05, 0.1) is 22.6 Å². The maximum atomic E-state index is 9.07. The monoisotopic (exact) mass is 339 g/mol. The van der Waals surface area contributed by atoms with Crippen molar-refractivity contribution in [3.05, 3.63) is 16.9 Å². The summed E-state index contributed by atoms with van der Waals surface area (Å²) >= 11 is 3.31. The van der Waals surface area contributed by atoms with E-state index in [2.05, 4.69) is 42.8 Å². The van der Waals surface area contributed by atoms with E-state index in [0.29, 0.717) is 5.95 Å². The minimum Gasteiger partial charge on any atom is -0.344 e. The van der Waals surface area contributed by atoms with E-state index in [4.69, 9.17) is 11.0 Å². The van der Waals surface area contributed by atoms with Crippen molar-refractivity contribution >= 4 is 21.9 Å². The van der Waals surface area contributed by atoms with Crippen LogP contribution in [0, 0.1) is 17.2 Å². The lowest BCUT2D eigenvalue weighted by Gasteiger charge is -2.19. The van der Waals surface area contributed by atoms with E-state index in [1.54, 1.807) is 12.4 Å². The third-order valence-corrected chi connectivity index (χ3v) is 3.77. The largest absolute Gasteiger partial charge is 0.344 e. The average Bonchev–Trinajstić information content (AvgIpc) is 2.80. The van der Waals surface area contributed by atoms with Crippen LogP contribution in [0.25, 0.3) is 0 Å². The van der Waals surface area contributed by atoms with Gasteiger partial charge in [0.2, 0.25) is 5.95 Å². The van der Waals surface area contributed by atoms with Crippen molar-refractivity contribution in [2.45, 2.75) is 25.0 Å². The van der Waals surface area contributed by atoms with Gasteiger partial charge in [0.15, 0.2) is 0 Å². The highest BCUT2D eigenvalue weighted by Crippen LogP contribution is 2.16. The standard InChI is InChI=1S/C12H18BrN7/c1-20(12-16-6-8(13)7-17-12)4-2-3-10-9(5-14)11(15)19-18-10/h6-7,9-11,18-19H,2-4,15H2,1H3. The van der Waals surface area contributed by atoms with Crippen LogP contribution in [0.5, 0.6) is 0 Å². The predicted octanol–water partition coefficient (Wildman–Crippen LogP) is 0.356. The van der Waals surface area contributed by atoms with E-state index in [1.807, 2.05) is 11.9 Å². The Bertz CT molecular complexity index is 472. The van der Waals surface area contributed by atoms with Gasteiger partial charge < -0.3 is 10.6 Å². The van der Waals surface area contributed by atoms with Gasteiger partial charge in [-0.15, -0.1) is 0 Å². The van der Waals surface area contributed by atoms with Gasteiger partial charge in [-0.05, 0) is 28.8 Å². The van der Waals surface area contributed by atoms with Gasteiger partial charge in [0.1, 0.15) is 0 Å². The fourth-order valence-corrected chi connectivity index (χ4v) is 2.41. The van der Waals surface area contributed by atoms with Crippen LogP contribution in [-0.4, -0.2) is 35.8 Å². The molecule has 2 rings (SSSR count). The molecule has 7 nitrogen and oxygen atoms in total. The van der Waals surface area contributed by atoms with Gasteiger partial charge in [0, 0.05) is 32.0 Å². The van der Waals surface area contributed by atoms with Gasteiger partial charge in [-0.2, -0.15) is 5.26 Å². The molecule has 108 valence electrons. The zero-order valence-electron chi connectivity index (χ0n) is 11.3. The first-order valence-corrected chi connectivity index (χ1v) is 7.26. The summed E-state index contributed by atoms with van der Waals surface area (Å²) in [6, 6.07) is 2.34. The summed E-state index contributed by atoms with van der Waals surface area (Å²) in [5.74, 6) is 0.503. The molecule has 0 aliphatic carbocycles. The zero-order chi connectivity index (χ0) is 14.5. The molecule has 1 aromatic heterocycles. The Morgan fingerprint density at radius 3 is 2.80 bits per heavy atom. The highest BCUT2D eigenvalue weighted by Gasteiger charge is 2.32. The maximum Gasteiger partial charge on any atom is 0.225 e. The van der Waals surface area contributed by atoms with Crippen LogP contribution in [0.15, 0.2) is 16.9 Å². The number of aromatic nitrogens is 2. The molecule has 1 aliphatic rings. The number of nitrogens with zero attached hydrogens (tertiary/aromatic N) is 4. The number of anilines is 1. The van der Waals surface area contributed by atoms with Crippen LogP contribution in [0.3, 0.4) is 0 Å². The van der Waals surface area contributed by atoms with Crippen LogP contribution in [0.1, 0.15) is 12.8 Å². The van der Waals surface area contributed by atoms with Crippen molar-refractivity contribution < 1.29 is 0 Å². The van der Waals surface area contributed by atoms with Crippen molar-refractivity contribution in [3.63, 3.8) is 0 Å². The molecule has 0 aromatic carbocycles. The third-order valence-electron chi connectivity index (χ3n) is 3.36. The van der Waals surface area contributed by atoms with Crippen molar-refractivity contribution in [3.8, 4) is 6.07 Å². The van der Waals surface area contributed by atoms with Crippen molar-refractivity contribution in [2.75, 3.05) is 18.5 Å². The predicted molar refractivity (Wildman–Crippen MR) is 79.4 cm³/mol. The number of rotatable bonds is 5. The van der Waals surface area contributed by atoms with E-state index < -0.39 is 0 Å². The lowest BCUT2D eigenvalue weighted by atomic mass is 9.97. The Labute approximate surface area is 126 Å². The summed E-state index contributed by atoms with van der Waals surface area (Å²) in [6.45, 7) is 0.827. The zero-order valence-corrected chi connectivity index (χ0v) is 12.8. The lowest BCUT2D eigenvalue weighted by molar-refractivity contribution is 0.463. The number of hydrogen-bond donors (Lipinski definition) is 3. The van der Waals surface area contributed by atoms with Gasteiger partial charge >= 0.3 is 0 Å². The fraction of sp³-hybridized carbons (Fsp3) is 0.583. The average molecular weight is 340 g/mol. The van der Waals surface area contributed by atoms with E-state index >= 15 is 0 Å². The summed E-state index contributed by atoms with van der Waals surface area (Å²) in [4.78, 5) is 10.5. The molecule has 8 heteroatoms. The Balaban J connectivity index is 1.78. The third kappa shape index (κ3) is 3.64. The molecule has 2 heterocycles. The Kier molecular flexibility index (Phi) is 5.25. The van der Waals surface area contributed by atoms with Crippen molar-refractivity contribution in [1.82, 2.24) is 20.8 Å². The van der Waals surface area contributed by atoms with E-state index in [1.165, 1.54) is 0 Å². The molecular weight excluding hydrogens is 322 g/mol. The van der Waals surface area contributed by atoms with Gasteiger partial charge in [-0.1, -0.05) is 0 Å². The second kappa shape index (κ2) is 6.95. The quantitative estimate of drug-likeness (QED) is 0.711. The molecule has 3 atom stereocenters. The Hall–Kier alpha value is -1.27. The van der Waals surface area contributed by atoms with Crippen molar-refractivity contribution in [1.29, 1.82) is 5.26 Å². The van der Waals surface area contributed by atoms with Crippen LogP contribution >= 0.6 is 15.9 Å².